The molecule has 0 atom stereocenters. The van der Waals surface area contributed by atoms with Gasteiger partial charge in [-0.15, -0.1) is 11.5 Å². The highest BCUT2D eigenvalue weighted by atomic mass is 28.3. The van der Waals surface area contributed by atoms with Gasteiger partial charge >= 0.3 is 0 Å². The van der Waals surface area contributed by atoms with Gasteiger partial charge in [-0.2, -0.15) is 0 Å². The number of aliphatic hydroxyl groups is 1. The standard InChI is InChI=1S/C13H18OSi/c1-15(2,3)10-6-9-12-7-4-5-8-13(12)11-14/h4-5,7-8,14H,9,11H2,1-3H3. The van der Waals surface area contributed by atoms with Gasteiger partial charge in [0.2, 0.25) is 0 Å². The van der Waals surface area contributed by atoms with Crippen molar-refractivity contribution in [2.45, 2.75) is 32.7 Å². The van der Waals surface area contributed by atoms with Gasteiger partial charge in [0.25, 0.3) is 0 Å². The molecule has 0 saturated heterocycles. The van der Waals surface area contributed by atoms with Crippen molar-refractivity contribution in [1.82, 2.24) is 0 Å². The quantitative estimate of drug-likeness (QED) is 0.597. The van der Waals surface area contributed by atoms with Crippen LogP contribution in [0, 0.1) is 11.5 Å². The molecule has 0 spiro atoms. The topological polar surface area (TPSA) is 20.2 Å². The highest BCUT2D eigenvalue weighted by molar-refractivity contribution is 6.83. The maximum Gasteiger partial charge on any atom is 0.129 e. The average Bonchev–Trinajstić information content (AvgIpc) is 2.16. The molecule has 1 aromatic rings. The summed E-state index contributed by atoms with van der Waals surface area (Å²) < 4.78 is 0. The zero-order chi connectivity index (χ0) is 11.3. The van der Waals surface area contributed by atoms with E-state index in [0.717, 1.165) is 17.5 Å². The van der Waals surface area contributed by atoms with E-state index in [0.29, 0.717) is 0 Å². The van der Waals surface area contributed by atoms with Gasteiger partial charge in [-0.3, -0.25) is 0 Å². The van der Waals surface area contributed by atoms with Crippen LogP contribution in [0.3, 0.4) is 0 Å². The summed E-state index contributed by atoms with van der Waals surface area (Å²) in [5, 5.41) is 9.14. The Balaban J connectivity index is 2.76. The molecule has 1 rings (SSSR count). The van der Waals surface area contributed by atoms with Crippen molar-refractivity contribution >= 4 is 8.07 Å². The summed E-state index contributed by atoms with van der Waals surface area (Å²) >= 11 is 0. The molecule has 0 aliphatic rings. The minimum Gasteiger partial charge on any atom is -0.392 e. The minimum absolute atomic E-state index is 0.102. The van der Waals surface area contributed by atoms with E-state index in [1.165, 1.54) is 0 Å². The highest BCUT2D eigenvalue weighted by Gasteiger charge is 2.07. The Morgan fingerprint density at radius 1 is 1.13 bits per heavy atom. The van der Waals surface area contributed by atoms with E-state index in [9.17, 15) is 0 Å². The first kappa shape index (κ1) is 12.0. The zero-order valence-electron chi connectivity index (χ0n) is 9.67. The number of rotatable bonds is 2. The lowest BCUT2D eigenvalue weighted by atomic mass is 10.1. The van der Waals surface area contributed by atoms with Crippen LogP contribution >= 0.6 is 0 Å². The minimum atomic E-state index is -1.26. The SMILES string of the molecule is C[Si](C)(C)C#CCc1ccccc1CO. The van der Waals surface area contributed by atoms with Crippen molar-refractivity contribution < 1.29 is 5.11 Å². The number of aliphatic hydroxyl groups excluding tert-OH is 1. The Bertz CT molecular complexity index is 380. The first-order valence-corrected chi connectivity index (χ1v) is 8.70. The largest absolute Gasteiger partial charge is 0.392 e. The highest BCUT2D eigenvalue weighted by Crippen LogP contribution is 2.09. The van der Waals surface area contributed by atoms with E-state index < -0.39 is 8.07 Å². The smallest absolute Gasteiger partial charge is 0.129 e. The Labute approximate surface area is 93.2 Å². The van der Waals surface area contributed by atoms with Crippen LogP contribution in [0.5, 0.6) is 0 Å². The van der Waals surface area contributed by atoms with Crippen LogP contribution in [-0.4, -0.2) is 13.2 Å². The molecule has 0 heterocycles. The molecule has 0 fully saturated rings. The molecule has 1 N–H and O–H groups in total. The van der Waals surface area contributed by atoms with E-state index in [1.54, 1.807) is 0 Å². The lowest BCUT2D eigenvalue weighted by Crippen LogP contribution is -2.16. The second-order valence-electron chi connectivity index (χ2n) is 4.66. The fraction of sp³-hybridized carbons (Fsp3) is 0.385. The van der Waals surface area contributed by atoms with Crippen molar-refractivity contribution in [3.05, 3.63) is 35.4 Å². The maximum atomic E-state index is 9.14. The van der Waals surface area contributed by atoms with Gasteiger partial charge < -0.3 is 5.11 Å². The maximum absolute atomic E-state index is 9.14. The van der Waals surface area contributed by atoms with Crippen LogP contribution in [0.25, 0.3) is 0 Å². The van der Waals surface area contributed by atoms with Crippen molar-refractivity contribution in [2.75, 3.05) is 0 Å². The molecule has 0 unspecified atom stereocenters. The van der Waals surface area contributed by atoms with E-state index in [2.05, 4.69) is 31.1 Å². The first-order chi connectivity index (χ1) is 7.03. The first-order valence-electron chi connectivity index (χ1n) is 5.20. The summed E-state index contributed by atoms with van der Waals surface area (Å²) in [6.45, 7) is 6.80. The summed E-state index contributed by atoms with van der Waals surface area (Å²) in [6.07, 6.45) is 0.751. The Morgan fingerprint density at radius 3 is 2.27 bits per heavy atom. The molecule has 0 aliphatic carbocycles. The van der Waals surface area contributed by atoms with Crippen LogP contribution in [0.15, 0.2) is 24.3 Å². The third-order valence-electron chi connectivity index (χ3n) is 2.03. The Morgan fingerprint density at radius 2 is 1.73 bits per heavy atom. The van der Waals surface area contributed by atoms with Crippen LogP contribution < -0.4 is 0 Å². The number of hydrogen-bond acceptors (Lipinski definition) is 1. The van der Waals surface area contributed by atoms with Crippen LogP contribution in [-0.2, 0) is 13.0 Å². The lowest BCUT2D eigenvalue weighted by molar-refractivity contribution is 0.281. The Hall–Kier alpha value is -1.04. The Kier molecular flexibility index (Phi) is 4.13. The van der Waals surface area contributed by atoms with Crippen molar-refractivity contribution in [3.8, 4) is 11.5 Å². The zero-order valence-corrected chi connectivity index (χ0v) is 10.7. The molecule has 15 heavy (non-hydrogen) atoms. The molecular formula is C13H18OSi. The predicted octanol–water partition coefficient (Wildman–Crippen LogP) is 2.60. The molecular weight excluding hydrogens is 200 g/mol. The number of hydrogen-bond donors (Lipinski definition) is 1. The second kappa shape index (κ2) is 5.15. The second-order valence-corrected chi connectivity index (χ2v) is 9.41. The molecule has 0 aliphatic heterocycles. The van der Waals surface area contributed by atoms with E-state index in [4.69, 9.17) is 5.11 Å². The summed E-state index contributed by atoms with van der Waals surface area (Å²) in [5.41, 5.74) is 5.46. The van der Waals surface area contributed by atoms with Gasteiger partial charge in [0.05, 0.1) is 6.61 Å². The third kappa shape index (κ3) is 4.33. The van der Waals surface area contributed by atoms with E-state index in [-0.39, 0.29) is 6.61 Å². The molecule has 0 aromatic heterocycles. The summed E-state index contributed by atoms with van der Waals surface area (Å²) in [4.78, 5) is 0. The third-order valence-corrected chi connectivity index (χ3v) is 2.96. The van der Waals surface area contributed by atoms with Gasteiger partial charge in [0, 0.05) is 6.42 Å². The van der Waals surface area contributed by atoms with Crippen molar-refractivity contribution in [3.63, 3.8) is 0 Å². The summed E-state index contributed by atoms with van der Waals surface area (Å²) in [5.74, 6) is 3.22. The number of benzene rings is 1. The lowest BCUT2D eigenvalue weighted by Gasteiger charge is -2.05. The molecule has 0 amide bonds. The normalized spacial score (nSPS) is 10.7. The molecule has 0 radical (unpaired) electrons. The van der Waals surface area contributed by atoms with Crippen LogP contribution in [0.2, 0.25) is 19.6 Å². The van der Waals surface area contributed by atoms with Crippen molar-refractivity contribution in [2.24, 2.45) is 0 Å². The van der Waals surface area contributed by atoms with E-state index >= 15 is 0 Å². The summed E-state index contributed by atoms with van der Waals surface area (Å²) in [6, 6.07) is 7.92. The molecule has 80 valence electrons. The fourth-order valence-electron chi connectivity index (χ4n) is 1.29. The fourth-order valence-corrected chi connectivity index (χ4v) is 1.91. The predicted molar refractivity (Wildman–Crippen MR) is 67.2 cm³/mol. The van der Waals surface area contributed by atoms with Gasteiger partial charge in [-0.25, -0.2) is 0 Å². The van der Waals surface area contributed by atoms with E-state index in [1.807, 2.05) is 24.3 Å². The molecule has 1 aromatic carbocycles. The average molecular weight is 218 g/mol. The van der Waals surface area contributed by atoms with Gasteiger partial charge in [0.1, 0.15) is 8.07 Å². The van der Waals surface area contributed by atoms with Crippen LogP contribution in [0.1, 0.15) is 11.1 Å². The molecule has 0 saturated carbocycles. The molecule has 0 bridgehead atoms. The van der Waals surface area contributed by atoms with Crippen LogP contribution in [0.4, 0.5) is 0 Å². The van der Waals surface area contributed by atoms with Gasteiger partial charge in [-0.05, 0) is 11.1 Å². The van der Waals surface area contributed by atoms with Gasteiger partial charge in [-0.1, -0.05) is 43.9 Å². The van der Waals surface area contributed by atoms with Crippen molar-refractivity contribution in [1.29, 1.82) is 0 Å². The monoisotopic (exact) mass is 218 g/mol. The summed E-state index contributed by atoms with van der Waals surface area (Å²) in [7, 11) is -1.26. The van der Waals surface area contributed by atoms with Gasteiger partial charge in [0.15, 0.2) is 0 Å². The molecule has 1 nitrogen and oxygen atoms in total. The molecule has 2 heteroatoms.